The zero-order chi connectivity index (χ0) is 21.5. The van der Waals surface area contributed by atoms with Gasteiger partial charge < -0.3 is 4.90 Å². The topological polar surface area (TPSA) is 49.0 Å². The molecule has 1 amide bonds. The van der Waals surface area contributed by atoms with E-state index >= 15 is 0 Å². The lowest BCUT2D eigenvalue weighted by atomic mass is 9.92. The number of hydrogen-bond donors (Lipinski definition) is 1. The number of aromatic amines is 1. The van der Waals surface area contributed by atoms with Gasteiger partial charge >= 0.3 is 0 Å². The van der Waals surface area contributed by atoms with Crippen molar-refractivity contribution in [2.24, 2.45) is 5.92 Å². The normalized spacial score (nSPS) is 20.9. The van der Waals surface area contributed by atoms with Crippen molar-refractivity contribution in [1.29, 1.82) is 0 Å². The Hall–Kier alpha value is -2.37. The molecule has 0 spiro atoms. The molecule has 1 aromatic heterocycles. The number of nitrogens with one attached hydrogen (secondary N) is 1. The smallest absolute Gasteiger partial charge is 0.226 e. The molecule has 1 fully saturated rings. The average Bonchev–Trinajstić information content (AvgIpc) is 3.38. The maximum Gasteiger partial charge on any atom is 0.226 e. The van der Waals surface area contributed by atoms with E-state index in [2.05, 4.69) is 10.2 Å². The minimum atomic E-state index is -0.290. The highest BCUT2D eigenvalue weighted by Crippen LogP contribution is 2.39. The summed E-state index contributed by atoms with van der Waals surface area (Å²) in [5.74, 6) is -0.274. The van der Waals surface area contributed by atoms with E-state index in [-0.39, 0.29) is 23.7 Å². The van der Waals surface area contributed by atoms with Gasteiger partial charge in [-0.2, -0.15) is 5.10 Å². The van der Waals surface area contributed by atoms with Gasteiger partial charge in [-0.1, -0.05) is 35.3 Å². The maximum atomic E-state index is 13.3. The molecule has 1 aliphatic heterocycles. The maximum absolute atomic E-state index is 13.3. The third kappa shape index (κ3) is 3.85. The van der Waals surface area contributed by atoms with E-state index < -0.39 is 0 Å². The number of nitrogens with zero attached hydrogens (tertiary/aromatic N) is 2. The van der Waals surface area contributed by atoms with E-state index in [1.807, 2.05) is 23.2 Å². The SMILES string of the molecule is O=C1[C@H](Cc2c(Cl)cc(-c3ccc(F)cc3)cc2Cl)CCN1C1CCCc2cn[nH]c21. The van der Waals surface area contributed by atoms with E-state index in [4.69, 9.17) is 23.2 Å². The molecule has 7 heteroatoms. The van der Waals surface area contributed by atoms with Gasteiger partial charge in [0.15, 0.2) is 0 Å². The first-order valence-electron chi connectivity index (χ1n) is 10.6. The highest BCUT2D eigenvalue weighted by molar-refractivity contribution is 6.36. The van der Waals surface area contributed by atoms with Crippen LogP contribution in [0.4, 0.5) is 4.39 Å². The predicted molar refractivity (Wildman–Crippen MR) is 120 cm³/mol. The summed E-state index contributed by atoms with van der Waals surface area (Å²) in [7, 11) is 0. The number of hydrogen-bond acceptors (Lipinski definition) is 2. The number of amides is 1. The van der Waals surface area contributed by atoms with E-state index in [0.717, 1.165) is 54.6 Å². The Morgan fingerprint density at radius 3 is 2.58 bits per heavy atom. The molecule has 0 bridgehead atoms. The second kappa shape index (κ2) is 8.29. The average molecular weight is 458 g/mol. The van der Waals surface area contributed by atoms with Crippen molar-refractivity contribution in [2.45, 2.75) is 38.1 Å². The molecule has 0 radical (unpaired) electrons. The summed E-state index contributed by atoms with van der Waals surface area (Å²) in [6, 6.07) is 9.97. The zero-order valence-electron chi connectivity index (χ0n) is 16.9. The van der Waals surface area contributed by atoms with Crippen LogP contribution in [0.15, 0.2) is 42.6 Å². The van der Waals surface area contributed by atoms with Crippen LogP contribution < -0.4 is 0 Å². The van der Waals surface area contributed by atoms with Gasteiger partial charge in [0, 0.05) is 22.5 Å². The van der Waals surface area contributed by atoms with Gasteiger partial charge in [0.05, 0.1) is 17.9 Å². The molecular weight excluding hydrogens is 436 g/mol. The molecule has 2 aliphatic rings. The molecule has 160 valence electrons. The first kappa shape index (κ1) is 20.5. The molecule has 5 rings (SSSR count). The number of rotatable bonds is 4. The predicted octanol–water partition coefficient (Wildman–Crippen LogP) is 5.99. The molecule has 1 unspecified atom stereocenters. The van der Waals surface area contributed by atoms with Crippen molar-refractivity contribution in [2.75, 3.05) is 6.54 Å². The Morgan fingerprint density at radius 1 is 1.10 bits per heavy atom. The number of aromatic nitrogens is 2. The Balaban J connectivity index is 1.35. The molecule has 2 heterocycles. The molecular formula is C24H22Cl2FN3O. The summed E-state index contributed by atoms with van der Waals surface area (Å²) < 4.78 is 13.2. The molecule has 1 saturated heterocycles. The quantitative estimate of drug-likeness (QED) is 0.522. The summed E-state index contributed by atoms with van der Waals surface area (Å²) >= 11 is 13.2. The fraction of sp³-hybridized carbons (Fsp3) is 0.333. The van der Waals surface area contributed by atoms with Crippen LogP contribution in [0.3, 0.4) is 0 Å². The van der Waals surface area contributed by atoms with E-state index in [0.29, 0.717) is 16.5 Å². The molecule has 1 aliphatic carbocycles. The van der Waals surface area contributed by atoms with Gasteiger partial charge in [-0.3, -0.25) is 9.89 Å². The number of carbonyl (C=O) groups excluding carboxylic acids is 1. The lowest BCUT2D eigenvalue weighted by molar-refractivity contribution is -0.133. The van der Waals surface area contributed by atoms with Crippen molar-refractivity contribution >= 4 is 29.1 Å². The van der Waals surface area contributed by atoms with Crippen molar-refractivity contribution < 1.29 is 9.18 Å². The first-order valence-corrected chi connectivity index (χ1v) is 11.3. The molecule has 0 saturated carbocycles. The van der Waals surface area contributed by atoms with Crippen molar-refractivity contribution in [3.05, 3.63) is 75.3 Å². The monoisotopic (exact) mass is 457 g/mol. The van der Waals surface area contributed by atoms with Crippen molar-refractivity contribution in [3.8, 4) is 11.1 Å². The van der Waals surface area contributed by atoms with E-state index in [1.54, 1.807) is 12.1 Å². The van der Waals surface area contributed by atoms with Crippen LogP contribution >= 0.6 is 23.2 Å². The van der Waals surface area contributed by atoms with Crippen LogP contribution in [0.25, 0.3) is 11.1 Å². The molecule has 3 aromatic rings. The number of halogens is 3. The van der Waals surface area contributed by atoms with Crippen LogP contribution in [-0.2, 0) is 17.6 Å². The van der Waals surface area contributed by atoms with Gasteiger partial charge in [0.2, 0.25) is 5.91 Å². The zero-order valence-corrected chi connectivity index (χ0v) is 18.4. The number of carbonyl (C=O) groups is 1. The standard InChI is InChI=1S/C24H22Cl2FN3O/c25-20-11-17(14-4-6-18(27)7-5-14)12-21(26)19(20)10-15-8-9-30(24(15)31)22-3-1-2-16-13-28-29-23(16)22/h4-7,11-13,15,22H,1-3,8-10H2,(H,28,29)/t15-,22?/m0/s1. The summed E-state index contributed by atoms with van der Waals surface area (Å²) in [6.07, 6.45) is 6.21. The van der Waals surface area contributed by atoms with Crippen molar-refractivity contribution in [1.82, 2.24) is 15.1 Å². The second-order valence-electron chi connectivity index (χ2n) is 8.36. The first-order chi connectivity index (χ1) is 15.0. The largest absolute Gasteiger partial charge is 0.334 e. The Labute approximate surface area is 190 Å². The van der Waals surface area contributed by atoms with E-state index in [1.165, 1.54) is 17.7 Å². The van der Waals surface area contributed by atoms with Gasteiger partial charge in [-0.25, -0.2) is 4.39 Å². The number of likely N-dealkylation sites (tertiary alicyclic amines) is 1. The Kier molecular flexibility index (Phi) is 5.49. The van der Waals surface area contributed by atoms with Crippen LogP contribution in [0, 0.1) is 11.7 Å². The number of benzene rings is 2. The van der Waals surface area contributed by atoms with Gasteiger partial charge in [-0.15, -0.1) is 0 Å². The summed E-state index contributed by atoms with van der Waals surface area (Å²) in [4.78, 5) is 15.2. The van der Waals surface area contributed by atoms with Crippen LogP contribution in [0.5, 0.6) is 0 Å². The van der Waals surface area contributed by atoms with Gasteiger partial charge in [0.25, 0.3) is 0 Å². The van der Waals surface area contributed by atoms with Gasteiger partial charge in [-0.05, 0) is 78.6 Å². The number of H-pyrrole nitrogens is 1. The molecule has 4 nitrogen and oxygen atoms in total. The Bertz CT molecular complexity index is 1110. The third-order valence-corrected chi connectivity index (χ3v) is 7.18. The van der Waals surface area contributed by atoms with E-state index in [9.17, 15) is 9.18 Å². The van der Waals surface area contributed by atoms with Crippen LogP contribution in [-0.4, -0.2) is 27.5 Å². The summed E-state index contributed by atoms with van der Waals surface area (Å²) in [5.41, 5.74) is 4.76. The minimum Gasteiger partial charge on any atom is -0.334 e. The third-order valence-electron chi connectivity index (χ3n) is 6.50. The summed E-state index contributed by atoms with van der Waals surface area (Å²) in [6.45, 7) is 0.732. The highest BCUT2D eigenvalue weighted by Gasteiger charge is 2.39. The molecule has 2 aromatic carbocycles. The number of aryl methyl sites for hydroxylation is 1. The lowest BCUT2D eigenvalue weighted by Crippen LogP contribution is -2.34. The van der Waals surface area contributed by atoms with Crippen molar-refractivity contribution in [3.63, 3.8) is 0 Å². The minimum absolute atomic E-state index is 0.0792. The van der Waals surface area contributed by atoms with Crippen LogP contribution in [0.1, 0.15) is 42.1 Å². The molecule has 31 heavy (non-hydrogen) atoms. The lowest BCUT2D eigenvalue weighted by Gasteiger charge is -2.31. The number of fused-ring (bicyclic) bond motifs is 1. The Morgan fingerprint density at radius 2 is 1.84 bits per heavy atom. The fourth-order valence-electron chi connectivity index (χ4n) is 4.87. The fourth-order valence-corrected chi connectivity index (χ4v) is 5.51. The molecule has 1 N–H and O–H groups in total. The molecule has 2 atom stereocenters. The van der Waals surface area contributed by atoms with Gasteiger partial charge in [0.1, 0.15) is 5.82 Å². The highest BCUT2D eigenvalue weighted by atomic mass is 35.5. The summed E-state index contributed by atoms with van der Waals surface area (Å²) in [5, 5.41) is 8.35. The second-order valence-corrected chi connectivity index (χ2v) is 9.18. The van der Waals surface area contributed by atoms with Crippen LogP contribution in [0.2, 0.25) is 10.0 Å².